The molecule has 0 saturated heterocycles. The summed E-state index contributed by atoms with van der Waals surface area (Å²) in [7, 11) is 0. The average molecular weight is 543 g/mol. The van der Waals surface area contributed by atoms with Crippen molar-refractivity contribution in [3.8, 4) is 17.6 Å². The molecule has 2 aromatic carbocycles. The van der Waals surface area contributed by atoms with Crippen LogP contribution in [0.3, 0.4) is 0 Å². The van der Waals surface area contributed by atoms with E-state index in [2.05, 4.69) is 79.7 Å². The summed E-state index contributed by atoms with van der Waals surface area (Å²) in [5.41, 5.74) is 5.11. The second-order valence-electron chi connectivity index (χ2n) is 11.3. The number of pyridine rings is 1. The van der Waals surface area contributed by atoms with Gasteiger partial charge in [-0.2, -0.15) is 0 Å². The first-order valence-electron chi connectivity index (χ1n) is 12.7. The van der Waals surface area contributed by atoms with Crippen molar-refractivity contribution >= 4 is 23.1 Å². The van der Waals surface area contributed by atoms with Gasteiger partial charge in [-0.15, -0.1) is 0 Å². The van der Waals surface area contributed by atoms with Crippen molar-refractivity contribution in [1.29, 1.82) is 0 Å². The Kier molecular flexibility index (Phi) is 8.22. The molecule has 4 rings (SSSR count). The summed E-state index contributed by atoms with van der Waals surface area (Å²) in [6.07, 6.45) is 5.06. The molecule has 0 spiro atoms. The Hall–Kier alpha value is -3.95. The minimum absolute atomic E-state index is 0.0206. The smallest absolute Gasteiger partial charge is 0.149 e. The van der Waals surface area contributed by atoms with Gasteiger partial charge >= 0.3 is 0 Å². The summed E-state index contributed by atoms with van der Waals surface area (Å²) >= 11 is 6.46. The summed E-state index contributed by atoms with van der Waals surface area (Å²) in [5, 5.41) is 3.67. The monoisotopic (exact) mass is 542 g/mol. The highest BCUT2D eigenvalue weighted by atomic mass is 35.5. The Morgan fingerprint density at radius 2 is 1.67 bits per heavy atom. The maximum Gasteiger partial charge on any atom is 0.149 e. The van der Waals surface area contributed by atoms with Crippen molar-refractivity contribution in [2.24, 2.45) is 0 Å². The third kappa shape index (κ3) is 7.34. The number of hydrogen-bond acceptors (Lipinski definition) is 5. The topological polar surface area (TPSA) is 59.9 Å². The van der Waals surface area contributed by atoms with Crippen molar-refractivity contribution in [3.05, 3.63) is 106 Å². The van der Waals surface area contributed by atoms with Gasteiger partial charge < -0.3 is 10.1 Å². The van der Waals surface area contributed by atoms with Gasteiger partial charge in [-0.05, 0) is 69.8 Å². The normalized spacial score (nSPS) is 11.5. The maximum atomic E-state index is 13.4. The van der Waals surface area contributed by atoms with Crippen molar-refractivity contribution in [2.75, 3.05) is 5.32 Å². The molecule has 2 heterocycles. The lowest BCUT2D eigenvalue weighted by atomic mass is 9.76. The Bertz CT molecular complexity index is 1540. The van der Waals surface area contributed by atoms with Crippen LogP contribution < -0.4 is 10.1 Å². The molecule has 5 nitrogen and oxygen atoms in total. The average Bonchev–Trinajstić information content (AvgIpc) is 2.86. The second kappa shape index (κ2) is 11.4. The summed E-state index contributed by atoms with van der Waals surface area (Å²) in [5.74, 6) is 7.08. The molecular formula is C32H32ClFN4O. The SMILES string of the molecule is CC(C)(C)c1cnc(C#Cc2cncnc2Nc2ccc(OCc3cccc(F)c3)c(Cl)c2)cc1C(C)(C)C. The van der Waals surface area contributed by atoms with E-state index in [0.29, 0.717) is 33.5 Å². The number of halogens is 2. The Morgan fingerprint density at radius 1 is 0.897 bits per heavy atom. The number of hydrogen-bond donors (Lipinski definition) is 1. The van der Waals surface area contributed by atoms with Gasteiger partial charge in [-0.3, -0.25) is 0 Å². The molecule has 0 aliphatic rings. The molecule has 0 bridgehead atoms. The van der Waals surface area contributed by atoms with E-state index in [1.165, 1.54) is 29.6 Å². The van der Waals surface area contributed by atoms with E-state index in [1.54, 1.807) is 30.5 Å². The number of nitrogens with zero attached hydrogens (tertiary/aromatic N) is 3. The van der Waals surface area contributed by atoms with Crippen LogP contribution in [0.2, 0.25) is 5.02 Å². The van der Waals surface area contributed by atoms with E-state index in [4.69, 9.17) is 16.3 Å². The van der Waals surface area contributed by atoms with E-state index < -0.39 is 0 Å². The standard InChI is InChI=1S/C32H32ClFN4O/c1-31(2,3)26-15-24(36-18-27(26)32(4,5)6)11-10-22-17-35-20-37-30(22)38-25-12-13-29(28(33)16-25)39-19-21-8-7-9-23(34)14-21/h7-9,12-18,20H,19H2,1-6H3,(H,35,37,38). The fourth-order valence-corrected chi connectivity index (χ4v) is 4.25. The first-order chi connectivity index (χ1) is 18.4. The van der Waals surface area contributed by atoms with Gasteiger partial charge in [-0.25, -0.2) is 19.3 Å². The lowest BCUT2D eigenvalue weighted by Crippen LogP contribution is -2.22. The van der Waals surface area contributed by atoms with Crippen LogP contribution >= 0.6 is 11.6 Å². The Balaban J connectivity index is 1.54. The van der Waals surface area contributed by atoms with Crippen LogP contribution in [0.5, 0.6) is 5.75 Å². The molecule has 200 valence electrons. The molecule has 7 heteroatoms. The van der Waals surface area contributed by atoms with Crippen LogP contribution in [0, 0.1) is 17.7 Å². The number of rotatable bonds is 5. The Labute approximate surface area is 234 Å². The second-order valence-corrected chi connectivity index (χ2v) is 11.7. The minimum atomic E-state index is -0.308. The van der Waals surface area contributed by atoms with Gasteiger partial charge in [-0.1, -0.05) is 71.2 Å². The fourth-order valence-electron chi connectivity index (χ4n) is 4.01. The first-order valence-corrected chi connectivity index (χ1v) is 13.0. The molecule has 0 aliphatic carbocycles. The first kappa shape index (κ1) is 28.1. The van der Waals surface area contributed by atoms with Gasteiger partial charge in [0.05, 0.1) is 10.6 Å². The highest BCUT2D eigenvalue weighted by Gasteiger charge is 2.25. The molecule has 0 aliphatic heterocycles. The molecule has 1 N–H and O–H groups in total. The van der Waals surface area contributed by atoms with Gasteiger partial charge in [0.2, 0.25) is 0 Å². The van der Waals surface area contributed by atoms with E-state index >= 15 is 0 Å². The Morgan fingerprint density at radius 3 is 2.36 bits per heavy atom. The van der Waals surface area contributed by atoms with E-state index in [1.807, 2.05) is 12.3 Å². The van der Waals surface area contributed by atoms with Crippen molar-refractivity contribution < 1.29 is 9.13 Å². The van der Waals surface area contributed by atoms with Crippen LogP contribution in [0.15, 0.2) is 67.3 Å². The molecule has 0 unspecified atom stereocenters. The predicted octanol–water partition coefficient (Wildman–Crippen LogP) is 7.98. The summed E-state index contributed by atoms with van der Waals surface area (Å²) in [6.45, 7) is 13.4. The van der Waals surface area contributed by atoms with E-state index in [-0.39, 0.29) is 23.3 Å². The van der Waals surface area contributed by atoms with E-state index in [0.717, 1.165) is 5.56 Å². The fraction of sp³-hybridized carbons (Fsp3) is 0.281. The number of nitrogens with one attached hydrogen (secondary N) is 1. The van der Waals surface area contributed by atoms with Crippen LogP contribution in [-0.2, 0) is 17.4 Å². The van der Waals surface area contributed by atoms with Gasteiger partial charge in [0, 0.05) is 18.1 Å². The van der Waals surface area contributed by atoms with Gasteiger partial charge in [0.1, 0.15) is 36.0 Å². The number of anilines is 2. The third-order valence-corrected chi connectivity index (χ3v) is 6.33. The number of ether oxygens (including phenoxy) is 1. The molecule has 0 amide bonds. The lowest BCUT2D eigenvalue weighted by molar-refractivity contribution is 0.306. The van der Waals surface area contributed by atoms with E-state index in [9.17, 15) is 4.39 Å². The largest absolute Gasteiger partial charge is 0.487 e. The van der Waals surface area contributed by atoms with Crippen LogP contribution in [-0.4, -0.2) is 15.0 Å². The zero-order valence-corrected chi connectivity index (χ0v) is 23.8. The molecule has 0 fully saturated rings. The van der Waals surface area contributed by atoms with Gasteiger partial charge in [0.15, 0.2) is 0 Å². The minimum Gasteiger partial charge on any atom is -0.487 e. The number of aromatic nitrogens is 3. The summed E-state index contributed by atoms with van der Waals surface area (Å²) < 4.78 is 19.2. The van der Waals surface area contributed by atoms with Crippen molar-refractivity contribution in [1.82, 2.24) is 15.0 Å². The lowest BCUT2D eigenvalue weighted by Gasteiger charge is -2.29. The molecule has 0 saturated carbocycles. The molecule has 2 aromatic heterocycles. The highest BCUT2D eigenvalue weighted by molar-refractivity contribution is 6.32. The van der Waals surface area contributed by atoms with Crippen LogP contribution in [0.4, 0.5) is 15.9 Å². The van der Waals surface area contributed by atoms with Crippen molar-refractivity contribution in [2.45, 2.75) is 59.0 Å². The van der Waals surface area contributed by atoms with Crippen LogP contribution in [0.1, 0.15) is 69.5 Å². The molecule has 0 atom stereocenters. The maximum absolute atomic E-state index is 13.4. The zero-order chi connectivity index (χ0) is 28.2. The quantitative estimate of drug-likeness (QED) is 0.259. The van der Waals surface area contributed by atoms with Crippen LogP contribution in [0.25, 0.3) is 0 Å². The highest BCUT2D eigenvalue weighted by Crippen LogP contribution is 2.34. The molecule has 4 aromatic rings. The predicted molar refractivity (Wildman–Crippen MR) is 155 cm³/mol. The molecular weight excluding hydrogens is 511 g/mol. The van der Waals surface area contributed by atoms with Crippen molar-refractivity contribution in [3.63, 3.8) is 0 Å². The number of benzene rings is 2. The molecule has 0 radical (unpaired) electrons. The zero-order valence-electron chi connectivity index (χ0n) is 23.1. The van der Waals surface area contributed by atoms with Gasteiger partial charge in [0.25, 0.3) is 0 Å². The summed E-state index contributed by atoms with van der Waals surface area (Å²) in [4.78, 5) is 13.1. The third-order valence-electron chi connectivity index (χ3n) is 6.04. The summed E-state index contributed by atoms with van der Waals surface area (Å²) in [6, 6.07) is 13.7. The molecule has 39 heavy (non-hydrogen) atoms.